The molecular formula is C16H21N2O+. The van der Waals surface area contributed by atoms with Gasteiger partial charge in [0.25, 0.3) is 0 Å². The summed E-state index contributed by atoms with van der Waals surface area (Å²) >= 11 is 0. The molecule has 100 valence electrons. The molecule has 2 atom stereocenters. The van der Waals surface area contributed by atoms with Crippen molar-refractivity contribution >= 4 is 10.9 Å². The molecule has 0 radical (unpaired) electrons. The standard InChI is InChI=1S/C16H21N2O/c1-18(10-4-6-15(18)12-19)11-14-9-8-13-5-2-3-7-16(13)17-14/h2-3,5,7-9,15,19H,4,6,10-12H2,1H3/q+1/t15-,18-/m0/s1. The van der Waals surface area contributed by atoms with E-state index in [1.807, 2.05) is 12.1 Å². The van der Waals surface area contributed by atoms with Gasteiger partial charge in [-0.1, -0.05) is 24.3 Å². The highest BCUT2D eigenvalue weighted by Gasteiger charge is 2.37. The summed E-state index contributed by atoms with van der Waals surface area (Å²) in [5.41, 5.74) is 2.19. The summed E-state index contributed by atoms with van der Waals surface area (Å²) in [6.07, 6.45) is 2.33. The highest BCUT2D eigenvalue weighted by molar-refractivity contribution is 5.78. The van der Waals surface area contributed by atoms with Crippen molar-refractivity contribution in [2.45, 2.75) is 25.4 Å². The number of likely N-dealkylation sites (N-methyl/N-ethyl adjacent to an activating group) is 1. The maximum absolute atomic E-state index is 9.52. The van der Waals surface area contributed by atoms with Crippen LogP contribution < -0.4 is 0 Å². The molecule has 0 unspecified atom stereocenters. The van der Waals surface area contributed by atoms with Crippen LogP contribution >= 0.6 is 0 Å². The lowest BCUT2D eigenvalue weighted by Crippen LogP contribution is -2.49. The summed E-state index contributed by atoms with van der Waals surface area (Å²) in [4.78, 5) is 4.76. The molecule has 0 saturated carbocycles. The first-order valence-electron chi connectivity index (χ1n) is 7.01. The summed E-state index contributed by atoms with van der Waals surface area (Å²) in [7, 11) is 2.24. The molecular weight excluding hydrogens is 236 g/mol. The number of aliphatic hydroxyl groups is 1. The van der Waals surface area contributed by atoms with Gasteiger partial charge in [0.05, 0.1) is 31.4 Å². The normalized spacial score (nSPS) is 26.9. The Balaban J connectivity index is 1.88. The molecule has 1 N–H and O–H groups in total. The second kappa shape index (κ2) is 4.91. The third-order valence-corrected chi connectivity index (χ3v) is 4.48. The van der Waals surface area contributed by atoms with Crippen LogP contribution in [0.5, 0.6) is 0 Å². The fourth-order valence-corrected chi connectivity index (χ4v) is 3.25. The van der Waals surface area contributed by atoms with E-state index in [0.717, 1.165) is 35.2 Å². The van der Waals surface area contributed by atoms with Gasteiger partial charge in [-0.05, 0) is 12.1 Å². The maximum Gasteiger partial charge on any atom is 0.122 e. The van der Waals surface area contributed by atoms with Crippen molar-refractivity contribution in [3.63, 3.8) is 0 Å². The molecule has 1 aromatic heterocycles. The van der Waals surface area contributed by atoms with Gasteiger partial charge in [0.1, 0.15) is 12.6 Å². The highest BCUT2D eigenvalue weighted by Crippen LogP contribution is 2.27. The molecule has 2 heterocycles. The summed E-state index contributed by atoms with van der Waals surface area (Å²) in [5.74, 6) is 0. The minimum absolute atomic E-state index is 0.282. The number of benzene rings is 1. The molecule has 19 heavy (non-hydrogen) atoms. The largest absolute Gasteiger partial charge is 0.390 e. The molecule has 1 aromatic carbocycles. The number of rotatable bonds is 3. The van der Waals surface area contributed by atoms with Crippen LogP contribution in [0.15, 0.2) is 36.4 Å². The van der Waals surface area contributed by atoms with Crippen molar-refractivity contribution in [3.05, 3.63) is 42.1 Å². The van der Waals surface area contributed by atoms with Crippen LogP contribution in [0.25, 0.3) is 10.9 Å². The number of hydrogen-bond acceptors (Lipinski definition) is 2. The van der Waals surface area contributed by atoms with Gasteiger partial charge in [0, 0.05) is 18.2 Å². The Kier molecular flexibility index (Phi) is 3.25. The molecule has 1 fully saturated rings. The Labute approximate surface area is 114 Å². The van der Waals surface area contributed by atoms with Gasteiger partial charge < -0.3 is 9.59 Å². The average Bonchev–Trinajstić information content (AvgIpc) is 2.79. The van der Waals surface area contributed by atoms with E-state index in [2.05, 4.69) is 31.3 Å². The van der Waals surface area contributed by atoms with Crippen LogP contribution in [0.4, 0.5) is 0 Å². The molecule has 3 rings (SSSR count). The summed E-state index contributed by atoms with van der Waals surface area (Å²) in [6.45, 7) is 2.33. The lowest BCUT2D eigenvalue weighted by molar-refractivity contribution is -0.934. The van der Waals surface area contributed by atoms with E-state index in [9.17, 15) is 5.11 Å². The highest BCUT2D eigenvalue weighted by atomic mass is 16.3. The minimum atomic E-state index is 0.282. The molecule has 1 aliphatic rings. The second-order valence-corrected chi connectivity index (χ2v) is 5.84. The van der Waals surface area contributed by atoms with Gasteiger partial charge in [-0.2, -0.15) is 0 Å². The lowest BCUT2D eigenvalue weighted by Gasteiger charge is -2.35. The molecule has 0 spiro atoms. The molecule has 3 nitrogen and oxygen atoms in total. The van der Waals surface area contributed by atoms with Crippen LogP contribution in [-0.4, -0.2) is 40.8 Å². The Hall–Kier alpha value is -1.45. The van der Waals surface area contributed by atoms with Gasteiger partial charge in [-0.25, -0.2) is 4.98 Å². The number of quaternary nitrogens is 1. The van der Waals surface area contributed by atoms with E-state index in [1.165, 1.54) is 11.8 Å². The van der Waals surface area contributed by atoms with Crippen LogP contribution in [0.1, 0.15) is 18.5 Å². The van der Waals surface area contributed by atoms with E-state index in [1.54, 1.807) is 0 Å². The van der Waals surface area contributed by atoms with Gasteiger partial charge in [0.15, 0.2) is 0 Å². The van der Waals surface area contributed by atoms with Crippen molar-refractivity contribution in [1.82, 2.24) is 4.98 Å². The number of nitrogens with zero attached hydrogens (tertiary/aromatic N) is 2. The van der Waals surface area contributed by atoms with E-state index >= 15 is 0 Å². The van der Waals surface area contributed by atoms with Crippen LogP contribution in [0.3, 0.4) is 0 Å². The van der Waals surface area contributed by atoms with Crippen LogP contribution in [0, 0.1) is 0 Å². The SMILES string of the molecule is C[N@@+]1(Cc2ccc3ccccc3n2)CCC[C@H]1CO. The van der Waals surface area contributed by atoms with Crippen molar-refractivity contribution < 1.29 is 9.59 Å². The summed E-state index contributed by atoms with van der Waals surface area (Å²) in [5, 5.41) is 10.7. The lowest BCUT2D eigenvalue weighted by atomic mass is 10.1. The fraction of sp³-hybridized carbons (Fsp3) is 0.438. The molecule has 3 heteroatoms. The molecule has 1 aliphatic heterocycles. The predicted molar refractivity (Wildman–Crippen MR) is 76.6 cm³/mol. The first-order valence-corrected chi connectivity index (χ1v) is 7.01. The third-order valence-electron chi connectivity index (χ3n) is 4.48. The van der Waals surface area contributed by atoms with Crippen LogP contribution in [0.2, 0.25) is 0 Å². The maximum atomic E-state index is 9.52. The van der Waals surface area contributed by atoms with E-state index in [-0.39, 0.29) is 6.61 Å². The Morgan fingerprint density at radius 2 is 2.11 bits per heavy atom. The molecule has 0 aliphatic carbocycles. The number of pyridine rings is 1. The monoisotopic (exact) mass is 257 g/mol. The fourth-order valence-electron chi connectivity index (χ4n) is 3.25. The predicted octanol–water partition coefficient (Wildman–Crippen LogP) is 2.34. The molecule has 0 bridgehead atoms. The zero-order chi connectivity index (χ0) is 13.3. The zero-order valence-electron chi connectivity index (χ0n) is 11.4. The topological polar surface area (TPSA) is 33.1 Å². The third kappa shape index (κ3) is 2.36. The smallest absolute Gasteiger partial charge is 0.122 e. The zero-order valence-corrected chi connectivity index (χ0v) is 11.4. The quantitative estimate of drug-likeness (QED) is 0.856. The van der Waals surface area contributed by atoms with Crippen molar-refractivity contribution in [2.75, 3.05) is 20.2 Å². The van der Waals surface area contributed by atoms with E-state index in [4.69, 9.17) is 4.98 Å². The van der Waals surface area contributed by atoms with Gasteiger partial charge in [-0.15, -0.1) is 0 Å². The molecule has 1 saturated heterocycles. The number of aliphatic hydroxyl groups excluding tert-OH is 1. The van der Waals surface area contributed by atoms with E-state index < -0.39 is 0 Å². The summed E-state index contributed by atoms with van der Waals surface area (Å²) < 4.78 is 0.918. The first kappa shape index (κ1) is 12.6. The van der Waals surface area contributed by atoms with E-state index in [0.29, 0.717) is 6.04 Å². The Morgan fingerprint density at radius 1 is 1.26 bits per heavy atom. The molecule has 0 amide bonds. The first-order chi connectivity index (χ1) is 9.21. The summed E-state index contributed by atoms with van der Waals surface area (Å²) in [6, 6.07) is 12.9. The van der Waals surface area contributed by atoms with Crippen molar-refractivity contribution in [1.29, 1.82) is 0 Å². The molecule has 2 aromatic rings. The number of fused-ring (bicyclic) bond motifs is 1. The second-order valence-electron chi connectivity index (χ2n) is 5.84. The van der Waals surface area contributed by atoms with Gasteiger partial charge in [0.2, 0.25) is 0 Å². The van der Waals surface area contributed by atoms with Gasteiger partial charge >= 0.3 is 0 Å². The number of para-hydroxylation sites is 1. The minimum Gasteiger partial charge on any atom is -0.390 e. The van der Waals surface area contributed by atoms with Gasteiger partial charge in [-0.3, -0.25) is 0 Å². The van der Waals surface area contributed by atoms with Crippen molar-refractivity contribution in [3.8, 4) is 0 Å². The number of hydrogen-bond donors (Lipinski definition) is 1. The average molecular weight is 257 g/mol. The number of aromatic nitrogens is 1. The van der Waals surface area contributed by atoms with Crippen molar-refractivity contribution in [2.24, 2.45) is 0 Å². The number of likely N-dealkylation sites (tertiary alicyclic amines) is 1. The van der Waals surface area contributed by atoms with Crippen LogP contribution in [-0.2, 0) is 6.54 Å². The Morgan fingerprint density at radius 3 is 2.95 bits per heavy atom. The Bertz CT molecular complexity index is 584.